The first kappa shape index (κ1) is 29.1. The maximum atomic E-state index is 13.4. The van der Waals surface area contributed by atoms with E-state index in [1.165, 1.54) is 0 Å². The van der Waals surface area contributed by atoms with Gasteiger partial charge < -0.3 is 4.74 Å². The highest BCUT2D eigenvalue weighted by molar-refractivity contribution is 5.89. The topological polar surface area (TPSA) is 60.4 Å². The second kappa shape index (κ2) is 9.26. The summed E-state index contributed by atoms with van der Waals surface area (Å²) in [6.07, 6.45) is 9.76. The highest BCUT2D eigenvalue weighted by atomic mass is 16.5. The van der Waals surface area contributed by atoms with Crippen LogP contribution in [0.4, 0.5) is 0 Å². The SMILES string of the molecule is CC1C(=O)CCC2C1(C)CCC1C2(COC(=O)c2ccccc2)CCC2(C)C3CC(C)(C)C(=O)CC3(C)CCC12C. The average Bonchev–Trinajstić information content (AvgIpc) is 2.93. The summed E-state index contributed by atoms with van der Waals surface area (Å²) in [5.74, 6) is 1.97. The number of ketones is 2. The number of Topliss-reactive ketones (excluding diaryl/α,β-unsaturated/α-hetero) is 2. The molecule has 0 aromatic heterocycles. The minimum atomic E-state index is -0.268. The first-order chi connectivity index (χ1) is 19.1. The molecule has 0 saturated heterocycles. The molecule has 0 bridgehead atoms. The van der Waals surface area contributed by atoms with E-state index in [1.54, 1.807) is 0 Å². The van der Waals surface area contributed by atoms with Crippen molar-refractivity contribution in [3.8, 4) is 0 Å². The van der Waals surface area contributed by atoms with E-state index in [4.69, 9.17) is 4.74 Å². The molecule has 9 atom stereocenters. The van der Waals surface area contributed by atoms with Crippen molar-refractivity contribution in [2.75, 3.05) is 6.61 Å². The number of rotatable bonds is 3. The predicted octanol–water partition coefficient (Wildman–Crippen LogP) is 8.47. The lowest BCUT2D eigenvalue weighted by molar-refractivity contribution is -0.265. The zero-order chi connectivity index (χ0) is 29.6. The number of carbonyl (C=O) groups is 3. The van der Waals surface area contributed by atoms with Crippen LogP contribution in [0.15, 0.2) is 30.3 Å². The third kappa shape index (κ3) is 3.93. The molecule has 0 heterocycles. The molecule has 5 aliphatic rings. The minimum absolute atomic E-state index is 0.0461. The number of ether oxygens (including phenoxy) is 1. The quantitative estimate of drug-likeness (QED) is 0.348. The molecule has 5 fully saturated rings. The summed E-state index contributed by atoms with van der Waals surface area (Å²) in [6.45, 7) is 16.9. The molecule has 1 aromatic carbocycles. The van der Waals surface area contributed by atoms with Crippen molar-refractivity contribution in [3.05, 3.63) is 35.9 Å². The molecule has 5 saturated carbocycles. The van der Waals surface area contributed by atoms with Crippen LogP contribution in [0.3, 0.4) is 0 Å². The van der Waals surface area contributed by atoms with Gasteiger partial charge in [0.2, 0.25) is 0 Å². The van der Waals surface area contributed by atoms with Gasteiger partial charge in [-0.3, -0.25) is 9.59 Å². The highest BCUT2D eigenvalue weighted by Crippen LogP contribution is 2.78. The smallest absolute Gasteiger partial charge is 0.338 e. The fourth-order valence-electron chi connectivity index (χ4n) is 11.9. The zero-order valence-electron chi connectivity index (χ0n) is 26.6. The Morgan fingerprint density at radius 1 is 0.829 bits per heavy atom. The summed E-state index contributed by atoms with van der Waals surface area (Å²) < 4.78 is 6.35. The van der Waals surface area contributed by atoms with Gasteiger partial charge in [0.05, 0.1) is 12.2 Å². The Labute approximate surface area is 247 Å². The van der Waals surface area contributed by atoms with Crippen LogP contribution < -0.4 is 0 Å². The maximum absolute atomic E-state index is 13.4. The van der Waals surface area contributed by atoms with Crippen molar-refractivity contribution in [1.29, 1.82) is 0 Å². The maximum Gasteiger partial charge on any atom is 0.338 e. The fourth-order valence-corrected chi connectivity index (χ4v) is 11.9. The lowest BCUT2D eigenvalue weighted by atomic mass is 9.30. The molecule has 0 aliphatic heterocycles. The van der Waals surface area contributed by atoms with Crippen LogP contribution in [-0.4, -0.2) is 24.1 Å². The number of esters is 1. The molecule has 6 rings (SSSR count). The van der Waals surface area contributed by atoms with E-state index in [0.717, 1.165) is 51.4 Å². The van der Waals surface area contributed by atoms with Gasteiger partial charge in [0.1, 0.15) is 11.6 Å². The molecule has 9 unspecified atom stereocenters. The largest absolute Gasteiger partial charge is 0.461 e. The van der Waals surface area contributed by atoms with E-state index in [1.807, 2.05) is 30.3 Å². The van der Waals surface area contributed by atoms with Gasteiger partial charge >= 0.3 is 5.97 Å². The third-order valence-corrected chi connectivity index (χ3v) is 14.8. The monoisotopic (exact) mass is 560 g/mol. The van der Waals surface area contributed by atoms with Gasteiger partial charge in [0.15, 0.2) is 0 Å². The van der Waals surface area contributed by atoms with Crippen LogP contribution in [-0.2, 0) is 14.3 Å². The van der Waals surface area contributed by atoms with Crippen molar-refractivity contribution in [1.82, 2.24) is 0 Å². The van der Waals surface area contributed by atoms with Crippen LogP contribution in [0.2, 0.25) is 0 Å². The lowest BCUT2D eigenvalue weighted by Gasteiger charge is -2.74. The van der Waals surface area contributed by atoms with Gasteiger partial charge in [-0.25, -0.2) is 4.79 Å². The molecule has 224 valence electrons. The highest BCUT2D eigenvalue weighted by Gasteiger charge is 2.72. The number of hydrogen-bond acceptors (Lipinski definition) is 4. The van der Waals surface area contributed by atoms with Crippen LogP contribution in [0.25, 0.3) is 0 Å². The summed E-state index contributed by atoms with van der Waals surface area (Å²) in [5.41, 5.74) is 0.439. The molecule has 0 radical (unpaired) electrons. The van der Waals surface area contributed by atoms with Gasteiger partial charge in [-0.05, 0) is 103 Å². The molecule has 0 amide bonds. The van der Waals surface area contributed by atoms with E-state index in [9.17, 15) is 14.4 Å². The van der Waals surface area contributed by atoms with Crippen molar-refractivity contribution < 1.29 is 19.1 Å². The van der Waals surface area contributed by atoms with E-state index < -0.39 is 0 Å². The van der Waals surface area contributed by atoms with Gasteiger partial charge in [0, 0.05) is 29.6 Å². The van der Waals surface area contributed by atoms with Crippen LogP contribution >= 0.6 is 0 Å². The Kier molecular flexibility index (Phi) is 6.58. The molecular formula is C37H52O4. The molecule has 1 aromatic rings. The Morgan fingerprint density at radius 2 is 1.49 bits per heavy atom. The molecule has 4 nitrogen and oxygen atoms in total. The normalized spacial score (nSPS) is 46.9. The lowest BCUT2D eigenvalue weighted by Crippen LogP contribution is -2.69. The van der Waals surface area contributed by atoms with Crippen LogP contribution in [0.5, 0.6) is 0 Å². The standard InChI is InChI=1S/C37H52O4/c1-24-26(38)13-14-27-34(24,5)16-15-28-35(6)18-17-33(4)22-30(39)32(2,3)21-29(33)36(35,7)19-20-37(27,28)23-41-31(40)25-11-9-8-10-12-25/h8-12,24,27-29H,13-23H2,1-7H3. The predicted molar refractivity (Wildman–Crippen MR) is 161 cm³/mol. The summed E-state index contributed by atoms with van der Waals surface area (Å²) in [7, 11) is 0. The van der Waals surface area contributed by atoms with E-state index in [0.29, 0.717) is 54.3 Å². The molecule has 0 spiro atoms. The second-order valence-corrected chi connectivity index (χ2v) is 16.8. The van der Waals surface area contributed by atoms with Crippen molar-refractivity contribution >= 4 is 17.5 Å². The summed E-state index contributed by atoms with van der Waals surface area (Å²) in [4.78, 5) is 39.7. The number of fused-ring (bicyclic) bond motifs is 7. The first-order valence-electron chi connectivity index (χ1n) is 16.4. The van der Waals surface area contributed by atoms with Gasteiger partial charge in [-0.15, -0.1) is 0 Å². The first-order valence-corrected chi connectivity index (χ1v) is 16.4. The molecule has 41 heavy (non-hydrogen) atoms. The molecular weight excluding hydrogens is 508 g/mol. The average molecular weight is 561 g/mol. The van der Waals surface area contributed by atoms with Gasteiger partial charge in [-0.1, -0.05) is 66.7 Å². The summed E-state index contributed by atoms with van der Waals surface area (Å²) in [5, 5.41) is 0. The molecule has 5 aliphatic carbocycles. The minimum Gasteiger partial charge on any atom is -0.461 e. The van der Waals surface area contributed by atoms with E-state index >= 15 is 0 Å². The number of benzene rings is 1. The molecule has 4 heteroatoms. The Hall–Kier alpha value is -1.97. The fraction of sp³-hybridized carbons (Fsp3) is 0.757. The number of hydrogen-bond donors (Lipinski definition) is 0. The third-order valence-electron chi connectivity index (χ3n) is 14.8. The summed E-state index contributed by atoms with van der Waals surface area (Å²) >= 11 is 0. The van der Waals surface area contributed by atoms with Crippen LogP contribution in [0.1, 0.15) is 123 Å². The number of carbonyl (C=O) groups excluding carboxylic acids is 3. The van der Waals surface area contributed by atoms with Crippen LogP contribution in [0, 0.1) is 56.2 Å². The Balaban J connectivity index is 1.41. The van der Waals surface area contributed by atoms with Crippen molar-refractivity contribution in [2.24, 2.45) is 56.2 Å². The van der Waals surface area contributed by atoms with E-state index in [-0.39, 0.29) is 44.4 Å². The van der Waals surface area contributed by atoms with Crippen molar-refractivity contribution in [2.45, 2.75) is 113 Å². The summed E-state index contributed by atoms with van der Waals surface area (Å²) in [6, 6.07) is 9.41. The Morgan fingerprint density at radius 3 is 2.20 bits per heavy atom. The zero-order valence-corrected chi connectivity index (χ0v) is 26.6. The van der Waals surface area contributed by atoms with E-state index in [2.05, 4.69) is 48.5 Å². The Bertz CT molecular complexity index is 1250. The van der Waals surface area contributed by atoms with Gasteiger partial charge in [-0.2, -0.15) is 0 Å². The van der Waals surface area contributed by atoms with Gasteiger partial charge in [0.25, 0.3) is 0 Å². The van der Waals surface area contributed by atoms with Crippen molar-refractivity contribution in [3.63, 3.8) is 0 Å². The molecule has 0 N–H and O–H groups in total. The second-order valence-electron chi connectivity index (χ2n) is 16.8.